The fourth-order valence-corrected chi connectivity index (χ4v) is 11.9. The summed E-state index contributed by atoms with van der Waals surface area (Å²) in [5, 5.41) is 25.6. The van der Waals surface area contributed by atoms with Crippen molar-refractivity contribution in [1.29, 1.82) is 0 Å². The third kappa shape index (κ3) is 3.31. The third-order valence-electron chi connectivity index (χ3n) is 15.3. The zero-order valence-electron chi connectivity index (χ0n) is 30.5. The number of fused-ring (bicyclic) bond motifs is 8. The van der Waals surface area contributed by atoms with E-state index in [9.17, 15) is 10.2 Å². The number of phenolic OH excluding ortho intramolecular Hbond substituents is 1. The van der Waals surface area contributed by atoms with Gasteiger partial charge in [0.15, 0.2) is 0 Å². The molecule has 0 aliphatic heterocycles. The fourth-order valence-electron chi connectivity index (χ4n) is 11.9. The van der Waals surface area contributed by atoms with Crippen molar-refractivity contribution in [2.75, 3.05) is 0 Å². The van der Waals surface area contributed by atoms with Crippen molar-refractivity contribution in [3.05, 3.63) is 95.2 Å². The second-order valence-electron chi connectivity index (χ2n) is 18.6. The molecule has 2 N–H and O–H groups in total. The predicted octanol–water partition coefficient (Wildman–Crippen LogP) is 10.6. The fraction of sp³-hybridized carbons (Fsp3) is 0.581. The van der Waals surface area contributed by atoms with Gasteiger partial charge in [-0.25, -0.2) is 0 Å². The molecule has 2 saturated carbocycles. The molecule has 1 aromatic rings. The molecule has 9 atom stereocenters. The molecule has 0 spiro atoms. The van der Waals surface area contributed by atoms with Gasteiger partial charge in [0.25, 0.3) is 0 Å². The minimum atomic E-state index is -1.05. The van der Waals surface area contributed by atoms with Gasteiger partial charge in [0.1, 0.15) is 5.75 Å². The van der Waals surface area contributed by atoms with Gasteiger partial charge in [0.05, 0.1) is 5.60 Å². The van der Waals surface area contributed by atoms with Gasteiger partial charge in [-0.3, -0.25) is 0 Å². The molecule has 5 aliphatic carbocycles. The number of aromatic hydroxyl groups is 1. The minimum absolute atomic E-state index is 0.0452. The van der Waals surface area contributed by atoms with Crippen molar-refractivity contribution in [3.63, 3.8) is 0 Å². The van der Waals surface area contributed by atoms with E-state index < -0.39 is 16.4 Å². The quantitative estimate of drug-likeness (QED) is 0.334. The van der Waals surface area contributed by atoms with Crippen LogP contribution in [0.1, 0.15) is 114 Å². The molecule has 6 rings (SSSR count). The van der Waals surface area contributed by atoms with E-state index >= 15 is 0 Å². The Labute approximate surface area is 273 Å². The lowest BCUT2D eigenvalue weighted by molar-refractivity contribution is -0.286. The van der Waals surface area contributed by atoms with Crippen LogP contribution < -0.4 is 0 Å². The lowest BCUT2D eigenvalue weighted by Gasteiger charge is -2.79. The second kappa shape index (κ2) is 8.85. The molecule has 5 aliphatic rings. The lowest BCUT2D eigenvalue weighted by atomic mass is 9.24. The summed E-state index contributed by atoms with van der Waals surface area (Å²) < 4.78 is 0. The van der Waals surface area contributed by atoms with E-state index in [1.165, 1.54) is 16.7 Å². The van der Waals surface area contributed by atoms with Gasteiger partial charge < -0.3 is 10.2 Å². The summed E-state index contributed by atoms with van der Waals surface area (Å²) in [6, 6.07) is 4.36. The highest BCUT2D eigenvalue weighted by atomic mass is 16.3. The highest BCUT2D eigenvalue weighted by molar-refractivity contribution is 5.82. The Balaban J connectivity index is 1.77. The van der Waals surface area contributed by atoms with Gasteiger partial charge in [0.2, 0.25) is 0 Å². The summed E-state index contributed by atoms with van der Waals surface area (Å²) in [4.78, 5) is 0. The monoisotopic (exact) mass is 606 g/mol. The smallest absolute Gasteiger partial charge is 0.123 e. The summed E-state index contributed by atoms with van der Waals surface area (Å²) in [6.45, 7) is 32.5. The molecule has 45 heavy (non-hydrogen) atoms. The average molecular weight is 607 g/mol. The molecule has 1 aromatic carbocycles. The molecule has 0 amide bonds. The number of hydrogen-bond acceptors (Lipinski definition) is 2. The zero-order valence-corrected chi connectivity index (χ0v) is 30.5. The number of phenols is 1. The summed E-state index contributed by atoms with van der Waals surface area (Å²) in [5.74, 6) is 0.169. The van der Waals surface area contributed by atoms with Crippen molar-refractivity contribution < 1.29 is 10.2 Å². The highest BCUT2D eigenvalue weighted by Crippen LogP contribution is 2.89. The van der Waals surface area contributed by atoms with Crippen LogP contribution in [-0.4, -0.2) is 15.8 Å². The van der Waals surface area contributed by atoms with E-state index in [1.54, 1.807) is 0 Å². The van der Waals surface area contributed by atoms with E-state index in [2.05, 4.69) is 164 Å². The van der Waals surface area contributed by atoms with Crippen LogP contribution in [0.25, 0.3) is 5.57 Å². The number of rotatable bonds is 1. The summed E-state index contributed by atoms with van der Waals surface area (Å²) in [5.41, 5.74) is 2.06. The molecular weight excluding hydrogens is 548 g/mol. The Morgan fingerprint density at radius 1 is 0.667 bits per heavy atom. The zero-order chi connectivity index (χ0) is 33.6. The van der Waals surface area contributed by atoms with Crippen molar-refractivity contribution in [3.8, 4) is 5.75 Å². The maximum Gasteiger partial charge on any atom is 0.123 e. The van der Waals surface area contributed by atoms with E-state index in [0.717, 1.165) is 11.1 Å². The average Bonchev–Trinajstić information content (AvgIpc) is 3.07. The number of hydrogen-bond donors (Lipinski definition) is 2. The first kappa shape index (κ1) is 32.4. The molecule has 2 heteroatoms. The molecule has 0 radical (unpaired) electrons. The second-order valence-corrected chi connectivity index (χ2v) is 18.6. The van der Waals surface area contributed by atoms with Crippen LogP contribution in [0.3, 0.4) is 0 Å². The van der Waals surface area contributed by atoms with Gasteiger partial charge >= 0.3 is 0 Å². The molecule has 0 bridgehead atoms. The number of benzene rings is 1. The maximum absolute atomic E-state index is 13.4. The van der Waals surface area contributed by atoms with Gasteiger partial charge in [-0.15, -0.1) is 0 Å². The topological polar surface area (TPSA) is 40.5 Å². The maximum atomic E-state index is 13.4. The first-order valence-electron chi connectivity index (χ1n) is 17.2. The Hall–Kier alpha value is -2.58. The largest absolute Gasteiger partial charge is 0.507 e. The Kier molecular flexibility index (Phi) is 6.37. The molecular formula is C43H58O2. The molecule has 9 unspecified atom stereocenters. The van der Waals surface area contributed by atoms with Crippen LogP contribution in [0.4, 0.5) is 0 Å². The van der Waals surface area contributed by atoms with Gasteiger partial charge in [-0.1, -0.05) is 150 Å². The van der Waals surface area contributed by atoms with Crippen LogP contribution >= 0.6 is 0 Å². The first-order valence-corrected chi connectivity index (χ1v) is 17.2. The van der Waals surface area contributed by atoms with Crippen LogP contribution in [-0.2, 0) is 10.8 Å². The summed E-state index contributed by atoms with van der Waals surface area (Å²) in [6.07, 6.45) is 23.3. The predicted molar refractivity (Wildman–Crippen MR) is 190 cm³/mol. The van der Waals surface area contributed by atoms with Gasteiger partial charge in [0, 0.05) is 44.5 Å². The highest BCUT2D eigenvalue weighted by Gasteiger charge is 2.87. The van der Waals surface area contributed by atoms with Gasteiger partial charge in [-0.05, 0) is 58.4 Å². The summed E-state index contributed by atoms with van der Waals surface area (Å²) in [7, 11) is 0. The van der Waals surface area contributed by atoms with Crippen molar-refractivity contribution in [1.82, 2.24) is 0 Å². The normalized spacial score (nSPS) is 45.0. The summed E-state index contributed by atoms with van der Waals surface area (Å²) >= 11 is 0. The Morgan fingerprint density at radius 2 is 1.16 bits per heavy atom. The minimum Gasteiger partial charge on any atom is -0.507 e. The van der Waals surface area contributed by atoms with E-state index in [-0.39, 0.29) is 44.3 Å². The third-order valence-corrected chi connectivity index (χ3v) is 15.3. The SMILES string of the molecule is CC1=C(c2c(O)cc(C(C)(C)C)cc2C(C)(C)C)C2C(C=C1)C(C)(O)C1(C)C3(C)C=CC=CC3(C)C3(C)C=CC=CC3(C)C21C. The molecule has 2 nitrogen and oxygen atoms in total. The van der Waals surface area contributed by atoms with E-state index in [4.69, 9.17) is 0 Å². The first-order chi connectivity index (χ1) is 20.4. The Morgan fingerprint density at radius 3 is 1.67 bits per heavy atom. The van der Waals surface area contributed by atoms with Crippen LogP contribution in [0, 0.1) is 44.3 Å². The van der Waals surface area contributed by atoms with Crippen LogP contribution in [0.5, 0.6) is 5.75 Å². The molecule has 0 heterocycles. The molecule has 0 saturated heterocycles. The standard InChI is InChI=1S/C43H58O2/c1-27-19-20-29-34(32(27)33-30(36(5,6)7)25-28(26-31(33)44)35(2,3)4)41(12)39(10)23-17-15-21-37(39,8)38(9)22-16-18-24-40(38,11)43(41,14)42(29,13)45/h15-26,29,34,44-45H,1-14H3. The van der Waals surface area contributed by atoms with Crippen molar-refractivity contribution in [2.24, 2.45) is 44.3 Å². The number of aliphatic hydroxyl groups is 1. The van der Waals surface area contributed by atoms with Crippen molar-refractivity contribution in [2.45, 2.75) is 113 Å². The Bertz CT molecular complexity index is 1660. The van der Waals surface area contributed by atoms with Crippen LogP contribution in [0.2, 0.25) is 0 Å². The van der Waals surface area contributed by atoms with Gasteiger partial charge in [-0.2, -0.15) is 0 Å². The van der Waals surface area contributed by atoms with E-state index in [0.29, 0.717) is 5.75 Å². The molecule has 242 valence electrons. The molecule has 2 fully saturated rings. The van der Waals surface area contributed by atoms with E-state index in [1.807, 2.05) is 6.07 Å². The number of allylic oxidation sites excluding steroid dienone is 11. The lowest BCUT2D eigenvalue weighted by Crippen LogP contribution is -2.76. The molecule has 0 aromatic heterocycles. The van der Waals surface area contributed by atoms with Crippen molar-refractivity contribution >= 4 is 5.57 Å². The van der Waals surface area contributed by atoms with Crippen LogP contribution in [0.15, 0.2) is 78.5 Å².